The van der Waals surface area contributed by atoms with Crippen LogP contribution in [0.25, 0.3) is 0 Å². The minimum Gasteiger partial charge on any atom is -0.338 e. The van der Waals surface area contributed by atoms with Crippen molar-refractivity contribution in [3.63, 3.8) is 0 Å². The van der Waals surface area contributed by atoms with E-state index >= 15 is 0 Å². The second-order valence-corrected chi connectivity index (χ2v) is 5.38. The molecule has 1 fully saturated rings. The summed E-state index contributed by atoms with van der Waals surface area (Å²) in [6.07, 6.45) is 5.12. The molecule has 102 valence electrons. The van der Waals surface area contributed by atoms with Gasteiger partial charge in [0.2, 0.25) is 0 Å². The van der Waals surface area contributed by atoms with E-state index in [9.17, 15) is 4.79 Å². The smallest absolute Gasteiger partial charge is 0.318 e. The van der Waals surface area contributed by atoms with Crippen molar-refractivity contribution in [2.24, 2.45) is 5.92 Å². The molecule has 0 bridgehead atoms. The Bertz CT molecular complexity index is 464. The maximum atomic E-state index is 11.5. The first-order chi connectivity index (χ1) is 9.15. The highest BCUT2D eigenvalue weighted by Crippen LogP contribution is 2.35. The Labute approximate surface area is 119 Å². The predicted molar refractivity (Wildman–Crippen MR) is 78.2 cm³/mol. The number of rotatable bonds is 5. The summed E-state index contributed by atoms with van der Waals surface area (Å²) < 4.78 is 0. The van der Waals surface area contributed by atoms with E-state index in [1.165, 1.54) is 18.4 Å². The van der Waals surface area contributed by atoms with Crippen LogP contribution in [0.2, 0.25) is 5.02 Å². The van der Waals surface area contributed by atoms with Gasteiger partial charge in [0.15, 0.2) is 0 Å². The molecule has 0 saturated heterocycles. The van der Waals surface area contributed by atoms with Crippen molar-refractivity contribution in [3.8, 4) is 0 Å². The molecule has 1 aromatic rings. The van der Waals surface area contributed by atoms with E-state index in [0.29, 0.717) is 12.5 Å². The van der Waals surface area contributed by atoms with Crippen LogP contribution in [-0.2, 0) is 6.42 Å². The molecule has 0 spiro atoms. The molecule has 1 saturated carbocycles. The first-order valence-corrected chi connectivity index (χ1v) is 6.98. The van der Waals surface area contributed by atoms with E-state index in [1.807, 2.05) is 30.5 Å². The van der Waals surface area contributed by atoms with Crippen LogP contribution >= 0.6 is 11.6 Å². The molecule has 0 heterocycles. The zero-order valence-corrected chi connectivity index (χ0v) is 11.8. The summed E-state index contributed by atoms with van der Waals surface area (Å²) in [5, 5.41) is 6.33. The van der Waals surface area contributed by atoms with Crippen LogP contribution < -0.4 is 10.6 Å². The molecule has 0 radical (unpaired) electrons. The van der Waals surface area contributed by atoms with Gasteiger partial charge in [-0.25, -0.2) is 4.79 Å². The van der Waals surface area contributed by atoms with Crippen molar-refractivity contribution in [1.29, 1.82) is 0 Å². The molecule has 2 N–H and O–H groups in total. The van der Waals surface area contributed by atoms with Gasteiger partial charge in [-0.05, 0) is 49.8 Å². The number of halogens is 1. The van der Waals surface area contributed by atoms with Crippen LogP contribution in [0.1, 0.15) is 25.3 Å². The third-order valence-corrected chi connectivity index (χ3v) is 3.52. The van der Waals surface area contributed by atoms with Crippen LogP contribution in [0.3, 0.4) is 0 Å². The minimum absolute atomic E-state index is 0.144. The van der Waals surface area contributed by atoms with Crippen molar-refractivity contribution in [1.82, 2.24) is 10.6 Å². The molecule has 0 atom stereocenters. The topological polar surface area (TPSA) is 41.1 Å². The van der Waals surface area contributed by atoms with Crippen LogP contribution in [-0.4, -0.2) is 12.6 Å². The van der Waals surface area contributed by atoms with Gasteiger partial charge in [-0.15, -0.1) is 0 Å². The fraction of sp³-hybridized carbons (Fsp3) is 0.400. The van der Waals surface area contributed by atoms with Gasteiger partial charge in [-0.1, -0.05) is 29.3 Å². The maximum absolute atomic E-state index is 11.5. The molecule has 3 nitrogen and oxygen atoms in total. The Kier molecular flexibility index (Phi) is 4.86. The lowest BCUT2D eigenvalue weighted by Crippen LogP contribution is -2.33. The zero-order chi connectivity index (χ0) is 13.7. The van der Waals surface area contributed by atoms with Gasteiger partial charge in [-0.2, -0.15) is 0 Å². The van der Waals surface area contributed by atoms with E-state index in [2.05, 4.69) is 17.6 Å². The third-order valence-electron chi connectivity index (χ3n) is 3.26. The highest BCUT2D eigenvalue weighted by molar-refractivity contribution is 6.30. The van der Waals surface area contributed by atoms with Crippen LogP contribution in [0, 0.1) is 5.92 Å². The molecule has 1 aliphatic rings. The fourth-order valence-corrected chi connectivity index (χ4v) is 1.98. The normalized spacial score (nSPS) is 15.2. The van der Waals surface area contributed by atoms with Crippen molar-refractivity contribution in [2.75, 3.05) is 6.54 Å². The predicted octanol–water partition coefficient (Wildman–Crippen LogP) is 3.50. The standard InChI is InChI=1S/C15H19ClN2O/c1-11(13-4-5-13)10-18-15(19)17-9-8-12-2-6-14(16)7-3-12/h2-3,6-7,10,13H,4-5,8-9H2,1H3,(H2,17,18,19)/b11-10+. The molecular weight excluding hydrogens is 260 g/mol. The second kappa shape index (κ2) is 6.62. The summed E-state index contributed by atoms with van der Waals surface area (Å²) >= 11 is 5.81. The molecule has 0 aromatic heterocycles. The summed E-state index contributed by atoms with van der Waals surface area (Å²) in [4.78, 5) is 11.5. The van der Waals surface area contributed by atoms with Crippen molar-refractivity contribution in [2.45, 2.75) is 26.2 Å². The number of carbonyl (C=O) groups excluding carboxylic acids is 1. The van der Waals surface area contributed by atoms with Gasteiger partial charge >= 0.3 is 6.03 Å². The molecule has 4 heteroatoms. The van der Waals surface area contributed by atoms with Crippen molar-refractivity contribution >= 4 is 17.6 Å². The number of carbonyl (C=O) groups is 1. The zero-order valence-electron chi connectivity index (χ0n) is 11.1. The average Bonchev–Trinajstić information content (AvgIpc) is 3.23. The highest BCUT2D eigenvalue weighted by atomic mass is 35.5. The molecule has 2 rings (SSSR count). The summed E-state index contributed by atoms with van der Waals surface area (Å²) in [5.74, 6) is 0.689. The Morgan fingerprint density at radius 3 is 2.68 bits per heavy atom. The highest BCUT2D eigenvalue weighted by Gasteiger charge is 2.22. The van der Waals surface area contributed by atoms with Gasteiger partial charge in [0.1, 0.15) is 0 Å². The van der Waals surface area contributed by atoms with E-state index in [0.717, 1.165) is 17.0 Å². The van der Waals surface area contributed by atoms with E-state index in [4.69, 9.17) is 11.6 Å². The molecule has 2 amide bonds. The SMILES string of the molecule is C/C(=C\NC(=O)NCCc1ccc(Cl)cc1)C1CC1. The summed E-state index contributed by atoms with van der Waals surface area (Å²) in [6.45, 7) is 2.68. The minimum atomic E-state index is -0.144. The Morgan fingerprint density at radius 2 is 2.05 bits per heavy atom. The van der Waals surface area contributed by atoms with Crippen molar-refractivity contribution < 1.29 is 4.79 Å². The lowest BCUT2D eigenvalue weighted by atomic mass is 10.1. The monoisotopic (exact) mass is 278 g/mol. The Morgan fingerprint density at radius 1 is 1.37 bits per heavy atom. The fourth-order valence-electron chi connectivity index (χ4n) is 1.86. The molecular formula is C15H19ClN2O. The quantitative estimate of drug-likeness (QED) is 0.850. The van der Waals surface area contributed by atoms with Gasteiger partial charge < -0.3 is 10.6 Å². The average molecular weight is 279 g/mol. The largest absolute Gasteiger partial charge is 0.338 e. The second-order valence-electron chi connectivity index (χ2n) is 4.94. The first-order valence-electron chi connectivity index (χ1n) is 6.60. The van der Waals surface area contributed by atoms with E-state index in [1.54, 1.807) is 0 Å². The van der Waals surface area contributed by atoms with Gasteiger partial charge in [0, 0.05) is 17.8 Å². The molecule has 0 unspecified atom stereocenters. The van der Waals surface area contributed by atoms with Gasteiger partial charge in [-0.3, -0.25) is 0 Å². The maximum Gasteiger partial charge on any atom is 0.318 e. The summed E-state index contributed by atoms with van der Waals surface area (Å²) in [7, 11) is 0. The number of benzene rings is 1. The number of hydrogen-bond acceptors (Lipinski definition) is 1. The Hall–Kier alpha value is -1.48. The number of hydrogen-bond donors (Lipinski definition) is 2. The number of allylic oxidation sites excluding steroid dienone is 1. The first kappa shape index (κ1) is 13.9. The van der Waals surface area contributed by atoms with Crippen LogP contribution in [0.15, 0.2) is 36.0 Å². The number of nitrogens with one attached hydrogen (secondary N) is 2. The number of urea groups is 1. The summed E-state index contributed by atoms with van der Waals surface area (Å²) in [5.41, 5.74) is 2.42. The van der Waals surface area contributed by atoms with Gasteiger partial charge in [0.25, 0.3) is 0 Å². The molecule has 1 aliphatic carbocycles. The Balaban J connectivity index is 1.66. The van der Waals surface area contributed by atoms with Crippen LogP contribution in [0.5, 0.6) is 0 Å². The number of amides is 2. The van der Waals surface area contributed by atoms with E-state index in [-0.39, 0.29) is 6.03 Å². The third kappa shape index (κ3) is 4.95. The lowest BCUT2D eigenvalue weighted by Gasteiger charge is -2.06. The summed E-state index contributed by atoms with van der Waals surface area (Å²) in [6, 6.07) is 7.52. The van der Waals surface area contributed by atoms with E-state index < -0.39 is 0 Å². The van der Waals surface area contributed by atoms with Gasteiger partial charge in [0.05, 0.1) is 0 Å². The molecule has 19 heavy (non-hydrogen) atoms. The molecule has 1 aromatic carbocycles. The lowest BCUT2D eigenvalue weighted by molar-refractivity contribution is 0.244. The van der Waals surface area contributed by atoms with Crippen molar-refractivity contribution in [3.05, 3.63) is 46.6 Å². The van der Waals surface area contributed by atoms with Crippen LogP contribution in [0.4, 0.5) is 4.79 Å². The molecule has 0 aliphatic heterocycles.